The Labute approximate surface area is 80.6 Å². The van der Waals surface area contributed by atoms with Gasteiger partial charge in [0.1, 0.15) is 5.82 Å². The Morgan fingerprint density at radius 1 is 1.50 bits per heavy atom. The van der Waals surface area contributed by atoms with Crippen LogP contribution in [0, 0.1) is 5.82 Å². The third-order valence-corrected chi connectivity index (χ3v) is 2.03. The van der Waals surface area contributed by atoms with E-state index in [1.54, 1.807) is 12.1 Å². The van der Waals surface area contributed by atoms with E-state index in [0.29, 0.717) is 16.2 Å². The summed E-state index contributed by atoms with van der Waals surface area (Å²) >= 11 is 11.1. The van der Waals surface area contributed by atoms with Gasteiger partial charge in [0.05, 0.1) is 0 Å². The van der Waals surface area contributed by atoms with Crippen molar-refractivity contribution in [2.75, 3.05) is 5.88 Å². The summed E-state index contributed by atoms with van der Waals surface area (Å²) in [6, 6.07) is 4.43. The van der Waals surface area contributed by atoms with Gasteiger partial charge in [0.25, 0.3) is 0 Å². The molecule has 0 unspecified atom stereocenters. The number of hydrogen-bond donors (Lipinski definition) is 0. The third kappa shape index (κ3) is 1.99. The van der Waals surface area contributed by atoms with Gasteiger partial charge in [-0.05, 0) is 17.7 Å². The quantitative estimate of drug-likeness (QED) is 0.645. The maximum Gasteiger partial charge on any atom is 0.132 e. The highest BCUT2D eigenvalue weighted by atomic mass is 35.5. The van der Waals surface area contributed by atoms with Crippen molar-refractivity contribution >= 4 is 28.8 Å². The van der Waals surface area contributed by atoms with Crippen molar-refractivity contribution in [2.24, 2.45) is 0 Å². The van der Waals surface area contributed by atoms with Crippen molar-refractivity contribution in [1.82, 2.24) is 0 Å². The zero-order valence-corrected chi connectivity index (χ0v) is 7.79. The van der Waals surface area contributed by atoms with Crippen molar-refractivity contribution < 1.29 is 4.39 Å². The standard InChI is InChI=1S/C9H7Cl2F/c1-6(5-10)8-3-2-7(11)4-9(8)12/h2-4H,1,5H2. The predicted octanol–water partition coefficient (Wildman–Crippen LogP) is 3.73. The number of benzene rings is 1. The van der Waals surface area contributed by atoms with Crippen LogP contribution in [-0.2, 0) is 0 Å². The largest absolute Gasteiger partial charge is 0.206 e. The smallest absolute Gasteiger partial charge is 0.132 e. The molecule has 0 aliphatic heterocycles. The van der Waals surface area contributed by atoms with Crippen molar-refractivity contribution in [3.05, 3.63) is 41.2 Å². The van der Waals surface area contributed by atoms with Gasteiger partial charge in [-0.2, -0.15) is 0 Å². The molecule has 1 rings (SSSR count). The van der Waals surface area contributed by atoms with Crippen LogP contribution >= 0.6 is 23.2 Å². The van der Waals surface area contributed by atoms with E-state index in [-0.39, 0.29) is 11.7 Å². The molecular formula is C9H7Cl2F. The fourth-order valence-corrected chi connectivity index (χ4v) is 1.15. The first-order valence-corrected chi connectivity index (χ1v) is 4.25. The van der Waals surface area contributed by atoms with Gasteiger partial charge in [-0.25, -0.2) is 4.39 Å². The lowest BCUT2D eigenvalue weighted by molar-refractivity contribution is 0.624. The summed E-state index contributed by atoms with van der Waals surface area (Å²) in [6.45, 7) is 3.62. The molecule has 0 bridgehead atoms. The maximum atomic E-state index is 13.1. The number of rotatable bonds is 2. The molecule has 0 radical (unpaired) electrons. The van der Waals surface area contributed by atoms with Crippen LogP contribution in [0.15, 0.2) is 24.8 Å². The molecule has 3 heteroatoms. The average Bonchev–Trinajstić information content (AvgIpc) is 2.03. The minimum absolute atomic E-state index is 0.221. The van der Waals surface area contributed by atoms with Crippen LogP contribution in [0.2, 0.25) is 5.02 Å². The monoisotopic (exact) mass is 204 g/mol. The minimum atomic E-state index is -0.381. The fraction of sp³-hybridized carbons (Fsp3) is 0.111. The van der Waals surface area contributed by atoms with Gasteiger partial charge in [0, 0.05) is 16.5 Å². The predicted molar refractivity (Wildman–Crippen MR) is 51.2 cm³/mol. The van der Waals surface area contributed by atoms with Gasteiger partial charge >= 0.3 is 0 Å². The van der Waals surface area contributed by atoms with E-state index in [1.807, 2.05) is 0 Å². The molecule has 0 spiro atoms. The van der Waals surface area contributed by atoms with Crippen molar-refractivity contribution in [2.45, 2.75) is 0 Å². The number of alkyl halides is 1. The van der Waals surface area contributed by atoms with E-state index in [0.717, 1.165) is 0 Å². The second-order valence-corrected chi connectivity index (χ2v) is 3.07. The van der Waals surface area contributed by atoms with E-state index < -0.39 is 0 Å². The minimum Gasteiger partial charge on any atom is -0.206 e. The van der Waals surface area contributed by atoms with E-state index in [1.165, 1.54) is 6.07 Å². The first-order valence-electron chi connectivity index (χ1n) is 3.34. The van der Waals surface area contributed by atoms with Gasteiger partial charge in [-0.1, -0.05) is 24.2 Å². The number of halogens is 3. The maximum absolute atomic E-state index is 13.1. The molecule has 0 nitrogen and oxygen atoms in total. The van der Waals surface area contributed by atoms with Gasteiger partial charge in [-0.3, -0.25) is 0 Å². The van der Waals surface area contributed by atoms with Crippen molar-refractivity contribution in [1.29, 1.82) is 0 Å². The fourth-order valence-electron chi connectivity index (χ4n) is 0.848. The lowest BCUT2D eigenvalue weighted by Crippen LogP contribution is -1.89. The molecular weight excluding hydrogens is 198 g/mol. The lowest BCUT2D eigenvalue weighted by atomic mass is 10.1. The highest BCUT2D eigenvalue weighted by Gasteiger charge is 2.04. The second kappa shape index (κ2) is 3.92. The molecule has 0 heterocycles. The summed E-state index contributed by atoms with van der Waals surface area (Å²) in [6.07, 6.45) is 0. The summed E-state index contributed by atoms with van der Waals surface area (Å²) in [5, 5.41) is 0.374. The summed E-state index contributed by atoms with van der Waals surface area (Å²) in [7, 11) is 0. The van der Waals surface area contributed by atoms with E-state index >= 15 is 0 Å². The van der Waals surface area contributed by atoms with Crippen LogP contribution in [-0.4, -0.2) is 5.88 Å². The van der Waals surface area contributed by atoms with Gasteiger partial charge in [0.15, 0.2) is 0 Å². The highest BCUT2D eigenvalue weighted by Crippen LogP contribution is 2.20. The average molecular weight is 205 g/mol. The summed E-state index contributed by atoms with van der Waals surface area (Å²) in [5.41, 5.74) is 0.986. The number of hydrogen-bond acceptors (Lipinski definition) is 0. The van der Waals surface area contributed by atoms with Crippen LogP contribution in [0.5, 0.6) is 0 Å². The van der Waals surface area contributed by atoms with Crippen LogP contribution in [0.3, 0.4) is 0 Å². The Hall–Kier alpha value is -0.530. The van der Waals surface area contributed by atoms with Crippen molar-refractivity contribution in [3.8, 4) is 0 Å². The molecule has 1 aromatic rings. The van der Waals surface area contributed by atoms with Gasteiger partial charge in [-0.15, -0.1) is 11.6 Å². The van der Waals surface area contributed by atoms with Gasteiger partial charge in [0.2, 0.25) is 0 Å². The van der Waals surface area contributed by atoms with Crippen LogP contribution < -0.4 is 0 Å². The molecule has 64 valence electrons. The summed E-state index contributed by atoms with van der Waals surface area (Å²) in [5.74, 6) is -0.161. The van der Waals surface area contributed by atoms with Gasteiger partial charge < -0.3 is 0 Å². The van der Waals surface area contributed by atoms with Crippen molar-refractivity contribution in [3.63, 3.8) is 0 Å². The highest BCUT2D eigenvalue weighted by molar-refractivity contribution is 6.30. The molecule has 0 aliphatic carbocycles. The van der Waals surface area contributed by atoms with Crippen LogP contribution in [0.25, 0.3) is 5.57 Å². The summed E-state index contributed by atoms with van der Waals surface area (Å²) in [4.78, 5) is 0. The Morgan fingerprint density at radius 2 is 2.17 bits per heavy atom. The Morgan fingerprint density at radius 3 is 2.67 bits per heavy atom. The summed E-state index contributed by atoms with van der Waals surface area (Å²) < 4.78 is 13.1. The SMILES string of the molecule is C=C(CCl)c1ccc(Cl)cc1F. The van der Waals surface area contributed by atoms with E-state index in [9.17, 15) is 4.39 Å². The molecule has 0 saturated heterocycles. The molecule has 0 atom stereocenters. The molecule has 12 heavy (non-hydrogen) atoms. The number of allylic oxidation sites excluding steroid dienone is 1. The molecule has 1 aromatic carbocycles. The van der Waals surface area contributed by atoms with E-state index in [4.69, 9.17) is 23.2 Å². The van der Waals surface area contributed by atoms with E-state index in [2.05, 4.69) is 6.58 Å². The Kier molecular flexibility index (Phi) is 3.12. The van der Waals surface area contributed by atoms with Crippen LogP contribution in [0.1, 0.15) is 5.56 Å². The Bertz CT molecular complexity index is 307. The lowest BCUT2D eigenvalue weighted by Gasteiger charge is -2.02. The Balaban J connectivity index is 3.09. The normalized spacial score (nSPS) is 9.92. The zero-order valence-electron chi connectivity index (χ0n) is 6.28. The third-order valence-electron chi connectivity index (χ3n) is 1.47. The zero-order chi connectivity index (χ0) is 9.14. The molecule has 0 amide bonds. The topological polar surface area (TPSA) is 0 Å². The second-order valence-electron chi connectivity index (χ2n) is 2.36. The van der Waals surface area contributed by atoms with Crippen LogP contribution in [0.4, 0.5) is 4.39 Å². The first-order chi connectivity index (χ1) is 5.65. The molecule has 0 aliphatic rings. The molecule has 0 fully saturated rings. The molecule has 0 saturated carbocycles. The first kappa shape index (κ1) is 9.56. The molecule has 0 N–H and O–H groups in total. The molecule has 0 aromatic heterocycles.